The number of carbonyl (C=O) groups excluding carboxylic acids is 2. The number of amides is 2. The lowest BCUT2D eigenvalue weighted by molar-refractivity contribution is -0.132. The number of carbonyl (C=O) groups is 2. The summed E-state index contributed by atoms with van der Waals surface area (Å²) in [5, 5.41) is 11.5. The summed E-state index contributed by atoms with van der Waals surface area (Å²) in [6, 6.07) is 21.6. The van der Waals surface area contributed by atoms with Crippen LogP contribution in [-0.2, 0) is 4.79 Å². The van der Waals surface area contributed by atoms with E-state index < -0.39 is 0 Å². The van der Waals surface area contributed by atoms with E-state index in [4.69, 9.17) is 0 Å². The molecule has 2 aliphatic rings. The summed E-state index contributed by atoms with van der Waals surface area (Å²) < 4.78 is 0. The van der Waals surface area contributed by atoms with E-state index in [9.17, 15) is 14.9 Å². The van der Waals surface area contributed by atoms with Crippen LogP contribution >= 0.6 is 0 Å². The number of rotatable bonds is 3. The van der Waals surface area contributed by atoms with E-state index in [0.29, 0.717) is 30.8 Å². The van der Waals surface area contributed by atoms with E-state index in [2.05, 4.69) is 6.07 Å². The maximum atomic E-state index is 13.3. The highest BCUT2D eigenvalue weighted by Gasteiger charge is 2.34. The second kappa shape index (κ2) is 8.47. The lowest BCUT2D eigenvalue weighted by Crippen LogP contribution is -2.37. The molecule has 3 aromatic carbocycles. The lowest BCUT2D eigenvalue weighted by Gasteiger charge is -2.22. The summed E-state index contributed by atoms with van der Waals surface area (Å²) >= 11 is 0. The third kappa shape index (κ3) is 3.85. The Morgan fingerprint density at radius 2 is 1.59 bits per heavy atom. The van der Waals surface area contributed by atoms with Gasteiger partial charge in [0.05, 0.1) is 11.6 Å². The van der Waals surface area contributed by atoms with Gasteiger partial charge in [0, 0.05) is 43.2 Å². The Bertz CT molecular complexity index is 1240. The van der Waals surface area contributed by atoms with E-state index in [1.807, 2.05) is 70.5 Å². The minimum absolute atomic E-state index is 0.00967. The molecule has 0 radical (unpaired) electrons. The van der Waals surface area contributed by atoms with Crippen LogP contribution in [0.2, 0.25) is 0 Å². The molecule has 2 fully saturated rings. The molecular weight excluding hydrogens is 398 g/mol. The summed E-state index contributed by atoms with van der Waals surface area (Å²) in [6.45, 7) is 2.59. The van der Waals surface area contributed by atoms with E-state index in [1.54, 1.807) is 0 Å². The fraction of sp³-hybridized carbons (Fsp3) is 0.296. The first-order chi connectivity index (χ1) is 15.7. The van der Waals surface area contributed by atoms with Gasteiger partial charge in [-0.15, -0.1) is 0 Å². The van der Waals surface area contributed by atoms with E-state index in [-0.39, 0.29) is 17.7 Å². The Morgan fingerprint density at radius 3 is 2.41 bits per heavy atom. The van der Waals surface area contributed by atoms with Crippen LogP contribution in [0.1, 0.15) is 35.2 Å². The van der Waals surface area contributed by atoms with E-state index in [1.165, 1.54) is 0 Å². The van der Waals surface area contributed by atoms with Gasteiger partial charge in [-0.25, -0.2) is 0 Å². The van der Waals surface area contributed by atoms with Crippen molar-refractivity contribution in [3.8, 4) is 17.2 Å². The van der Waals surface area contributed by atoms with Crippen molar-refractivity contribution < 1.29 is 9.59 Å². The molecule has 0 bridgehead atoms. The van der Waals surface area contributed by atoms with Crippen molar-refractivity contribution in [2.24, 2.45) is 5.92 Å². The quantitative estimate of drug-likeness (QED) is 0.625. The van der Waals surface area contributed by atoms with Gasteiger partial charge in [-0.3, -0.25) is 9.59 Å². The molecule has 32 heavy (non-hydrogen) atoms. The van der Waals surface area contributed by atoms with Gasteiger partial charge < -0.3 is 9.80 Å². The second-order valence-electron chi connectivity index (χ2n) is 8.64. The minimum Gasteiger partial charge on any atom is -0.341 e. The first-order valence-electron chi connectivity index (χ1n) is 11.3. The number of fused-ring (bicyclic) bond motifs is 1. The van der Waals surface area contributed by atoms with Crippen LogP contribution in [0.15, 0.2) is 60.7 Å². The summed E-state index contributed by atoms with van der Waals surface area (Å²) in [5.74, 6) is 0.490. The number of nitriles is 1. The van der Waals surface area contributed by atoms with Gasteiger partial charge in [0.1, 0.15) is 0 Å². The molecule has 0 unspecified atom stereocenters. The predicted octanol–water partition coefficient (Wildman–Crippen LogP) is 4.46. The Hall–Kier alpha value is -3.65. The molecule has 0 atom stereocenters. The maximum absolute atomic E-state index is 13.3. The van der Waals surface area contributed by atoms with Gasteiger partial charge in [0.25, 0.3) is 5.91 Å². The van der Waals surface area contributed by atoms with Gasteiger partial charge in [-0.05, 0) is 53.8 Å². The number of nitrogens with zero attached hydrogens (tertiary/aromatic N) is 3. The summed E-state index contributed by atoms with van der Waals surface area (Å²) in [4.78, 5) is 29.5. The van der Waals surface area contributed by atoms with Gasteiger partial charge in [-0.1, -0.05) is 42.5 Å². The highest BCUT2D eigenvalue weighted by Crippen LogP contribution is 2.32. The SMILES string of the molecule is N#Cc1ccccc1-c1cccc2cc(C(=O)N3CCCN(C(=O)C4CC4)CC3)ccc12. The molecule has 3 aromatic rings. The fourth-order valence-corrected chi connectivity index (χ4v) is 4.58. The summed E-state index contributed by atoms with van der Waals surface area (Å²) in [5.41, 5.74) is 3.18. The molecule has 1 heterocycles. The highest BCUT2D eigenvalue weighted by molar-refractivity contribution is 6.03. The van der Waals surface area contributed by atoms with Gasteiger partial charge in [0.2, 0.25) is 5.91 Å². The second-order valence-corrected chi connectivity index (χ2v) is 8.64. The third-order valence-corrected chi connectivity index (χ3v) is 6.49. The van der Waals surface area contributed by atoms with E-state index >= 15 is 0 Å². The number of benzene rings is 3. The summed E-state index contributed by atoms with van der Waals surface area (Å²) in [7, 11) is 0. The number of hydrogen-bond donors (Lipinski definition) is 0. The highest BCUT2D eigenvalue weighted by atomic mass is 16.2. The Kier molecular flexibility index (Phi) is 5.36. The average molecular weight is 424 g/mol. The molecule has 1 aliphatic heterocycles. The van der Waals surface area contributed by atoms with Crippen molar-refractivity contribution in [2.45, 2.75) is 19.3 Å². The zero-order valence-electron chi connectivity index (χ0n) is 18.0. The minimum atomic E-state index is 0.00967. The van der Waals surface area contributed by atoms with Crippen LogP contribution in [0.25, 0.3) is 21.9 Å². The third-order valence-electron chi connectivity index (χ3n) is 6.49. The molecule has 1 saturated carbocycles. The molecule has 5 rings (SSSR count). The van der Waals surface area contributed by atoms with Gasteiger partial charge in [0.15, 0.2) is 0 Å². The largest absolute Gasteiger partial charge is 0.341 e. The van der Waals surface area contributed by atoms with Crippen molar-refractivity contribution in [3.05, 3.63) is 71.8 Å². The molecular formula is C27H25N3O2. The number of hydrogen-bond acceptors (Lipinski definition) is 3. The molecule has 5 heteroatoms. The Labute approximate surface area is 187 Å². The molecule has 1 saturated heterocycles. The molecule has 0 spiro atoms. The topological polar surface area (TPSA) is 64.4 Å². The van der Waals surface area contributed by atoms with Crippen LogP contribution in [-0.4, -0.2) is 47.8 Å². The summed E-state index contributed by atoms with van der Waals surface area (Å²) in [6.07, 6.45) is 2.83. The van der Waals surface area contributed by atoms with Crippen LogP contribution < -0.4 is 0 Å². The van der Waals surface area contributed by atoms with Crippen LogP contribution in [0, 0.1) is 17.2 Å². The first-order valence-corrected chi connectivity index (χ1v) is 11.3. The lowest BCUT2D eigenvalue weighted by atomic mass is 9.94. The normalized spacial score (nSPS) is 16.5. The fourth-order valence-electron chi connectivity index (χ4n) is 4.58. The van der Waals surface area contributed by atoms with Gasteiger partial charge in [-0.2, -0.15) is 5.26 Å². The maximum Gasteiger partial charge on any atom is 0.253 e. The smallest absolute Gasteiger partial charge is 0.253 e. The average Bonchev–Trinajstić information content (AvgIpc) is 3.70. The monoisotopic (exact) mass is 423 g/mol. The van der Waals surface area contributed by atoms with Crippen molar-refractivity contribution >= 4 is 22.6 Å². The zero-order chi connectivity index (χ0) is 22.1. The van der Waals surface area contributed by atoms with Crippen LogP contribution in [0.5, 0.6) is 0 Å². The Morgan fingerprint density at radius 1 is 0.844 bits per heavy atom. The Balaban J connectivity index is 1.40. The van der Waals surface area contributed by atoms with Crippen molar-refractivity contribution in [1.29, 1.82) is 5.26 Å². The van der Waals surface area contributed by atoms with Crippen LogP contribution in [0.4, 0.5) is 0 Å². The van der Waals surface area contributed by atoms with Gasteiger partial charge >= 0.3 is 0 Å². The van der Waals surface area contributed by atoms with Crippen molar-refractivity contribution in [1.82, 2.24) is 9.80 Å². The molecule has 0 N–H and O–H groups in total. The predicted molar refractivity (Wildman–Crippen MR) is 124 cm³/mol. The molecule has 5 nitrogen and oxygen atoms in total. The molecule has 0 aromatic heterocycles. The molecule has 160 valence electrons. The molecule has 1 aliphatic carbocycles. The zero-order valence-corrected chi connectivity index (χ0v) is 18.0. The first kappa shape index (κ1) is 20.3. The molecule has 2 amide bonds. The van der Waals surface area contributed by atoms with E-state index in [0.717, 1.165) is 47.7 Å². The van der Waals surface area contributed by atoms with Crippen molar-refractivity contribution in [2.75, 3.05) is 26.2 Å². The standard InChI is InChI=1S/C27H25N3O2/c28-18-22-5-1-2-7-23(22)25-8-3-6-20-17-21(11-12-24(20)25)27(32)30-14-4-13-29(15-16-30)26(31)19-9-10-19/h1-3,5-8,11-12,17,19H,4,9-10,13-16H2. The van der Waals surface area contributed by atoms with Crippen molar-refractivity contribution in [3.63, 3.8) is 0 Å². The van der Waals surface area contributed by atoms with Crippen LogP contribution in [0.3, 0.4) is 0 Å².